The molecule has 1 saturated heterocycles. The van der Waals surface area contributed by atoms with E-state index in [0.29, 0.717) is 6.42 Å². The molecule has 2 atom stereocenters. The molecule has 21 heavy (non-hydrogen) atoms. The molecule has 3 heteroatoms. The molecule has 1 aromatic carbocycles. The van der Waals surface area contributed by atoms with E-state index in [1.54, 1.807) is 0 Å². The van der Waals surface area contributed by atoms with Gasteiger partial charge in [-0.1, -0.05) is 30.5 Å². The van der Waals surface area contributed by atoms with Gasteiger partial charge in [-0.25, -0.2) is 0 Å². The normalized spacial score (nSPS) is 21.0. The predicted octanol–water partition coefficient (Wildman–Crippen LogP) is 3.46. The van der Waals surface area contributed by atoms with Gasteiger partial charge in [0.05, 0.1) is 6.10 Å². The van der Waals surface area contributed by atoms with Crippen molar-refractivity contribution < 1.29 is 9.90 Å². The quantitative estimate of drug-likeness (QED) is 0.925. The van der Waals surface area contributed by atoms with E-state index in [1.165, 1.54) is 6.42 Å². The number of amides is 1. The maximum Gasteiger partial charge on any atom is 0.254 e. The van der Waals surface area contributed by atoms with Gasteiger partial charge >= 0.3 is 0 Å². The van der Waals surface area contributed by atoms with Gasteiger partial charge in [0.2, 0.25) is 0 Å². The van der Waals surface area contributed by atoms with Gasteiger partial charge in [-0.05, 0) is 51.7 Å². The lowest BCUT2D eigenvalue weighted by molar-refractivity contribution is 0.0606. The van der Waals surface area contributed by atoms with Crippen molar-refractivity contribution in [2.45, 2.75) is 65.0 Å². The Labute approximate surface area is 128 Å². The summed E-state index contributed by atoms with van der Waals surface area (Å²) in [4.78, 5) is 15.0. The smallest absolute Gasteiger partial charge is 0.254 e. The van der Waals surface area contributed by atoms with Crippen molar-refractivity contribution in [1.82, 2.24) is 4.90 Å². The fourth-order valence-corrected chi connectivity index (χ4v) is 3.20. The van der Waals surface area contributed by atoms with Crippen LogP contribution in [0.25, 0.3) is 0 Å². The molecule has 0 radical (unpaired) electrons. The first kappa shape index (κ1) is 16.0. The Balaban J connectivity index is 2.26. The van der Waals surface area contributed by atoms with Crippen LogP contribution >= 0.6 is 0 Å². The van der Waals surface area contributed by atoms with Crippen LogP contribution in [-0.4, -0.2) is 34.6 Å². The van der Waals surface area contributed by atoms with Crippen molar-refractivity contribution >= 4 is 5.91 Å². The highest BCUT2D eigenvalue weighted by Gasteiger charge is 2.27. The summed E-state index contributed by atoms with van der Waals surface area (Å²) >= 11 is 0. The van der Waals surface area contributed by atoms with Gasteiger partial charge in [-0.3, -0.25) is 4.79 Å². The summed E-state index contributed by atoms with van der Waals surface area (Å²) in [6, 6.07) is 6.22. The molecule has 2 rings (SSSR count). The highest BCUT2D eigenvalue weighted by molar-refractivity contribution is 5.96. The van der Waals surface area contributed by atoms with Gasteiger partial charge in [0.25, 0.3) is 5.91 Å². The maximum atomic E-state index is 13.0. The van der Waals surface area contributed by atoms with Gasteiger partial charge < -0.3 is 10.0 Å². The van der Waals surface area contributed by atoms with Crippen molar-refractivity contribution in [1.29, 1.82) is 0 Å². The molecule has 0 saturated carbocycles. The Bertz CT molecular complexity index is 496. The lowest BCUT2D eigenvalue weighted by Gasteiger charge is -2.31. The molecule has 0 aromatic heterocycles. The zero-order chi connectivity index (χ0) is 15.4. The zero-order valence-electron chi connectivity index (χ0n) is 13.4. The van der Waals surface area contributed by atoms with Gasteiger partial charge in [0, 0.05) is 18.2 Å². The van der Waals surface area contributed by atoms with Crippen LogP contribution in [0.1, 0.15) is 60.5 Å². The van der Waals surface area contributed by atoms with Crippen molar-refractivity contribution in [3.05, 3.63) is 34.9 Å². The van der Waals surface area contributed by atoms with Crippen LogP contribution in [0, 0.1) is 13.8 Å². The molecule has 0 spiro atoms. The summed E-state index contributed by atoms with van der Waals surface area (Å²) in [5, 5.41) is 9.73. The lowest BCUT2D eigenvalue weighted by Crippen LogP contribution is -2.41. The van der Waals surface area contributed by atoms with Gasteiger partial charge in [-0.2, -0.15) is 0 Å². The van der Waals surface area contributed by atoms with Gasteiger partial charge in [0.1, 0.15) is 0 Å². The van der Waals surface area contributed by atoms with Crippen molar-refractivity contribution in [2.24, 2.45) is 0 Å². The predicted molar refractivity (Wildman–Crippen MR) is 85.5 cm³/mol. The minimum atomic E-state index is -0.359. The number of aliphatic hydroxyl groups is 1. The number of hydrogen-bond donors (Lipinski definition) is 1. The zero-order valence-corrected chi connectivity index (χ0v) is 13.4. The molecule has 2 unspecified atom stereocenters. The highest BCUT2D eigenvalue weighted by atomic mass is 16.3. The Morgan fingerprint density at radius 3 is 2.81 bits per heavy atom. The first-order valence-corrected chi connectivity index (χ1v) is 8.05. The summed E-state index contributed by atoms with van der Waals surface area (Å²) in [7, 11) is 0. The highest BCUT2D eigenvalue weighted by Crippen LogP contribution is 2.24. The van der Waals surface area contributed by atoms with Crippen molar-refractivity contribution in [2.75, 3.05) is 6.54 Å². The number of benzene rings is 1. The number of aliphatic hydroxyl groups excluding tert-OH is 1. The summed E-state index contributed by atoms with van der Waals surface area (Å²) in [6.45, 7) is 6.63. The number of carbonyl (C=O) groups is 1. The summed E-state index contributed by atoms with van der Waals surface area (Å²) in [5.74, 6) is 0.128. The SMILES string of the molecule is Cc1ccc(C)c(C(=O)N2CCCCCC2CC(C)O)c1. The summed E-state index contributed by atoms with van der Waals surface area (Å²) < 4.78 is 0. The van der Waals surface area contributed by atoms with Crippen LogP contribution in [-0.2, 0) is 0 Å². The second kappa shape index (κ2) is 7.08. The number of carbonyl (C=O) groups excluding carboxylic acids is 1. The topological polar surface area (TPSA) is 40.5 Å². The molecule has 116 valence electrons. The molecular weight excluding hydrogens is 262 g/mol. The van der Waals surface area contributed by atoms with Crippen LogP contribution in [0.5, 0.6) is 0 Å². The Morgan fingerprint density at radius 2 is 2.10 bits per heavy atom. The first-order valence-electron chi connectivity index (χ1n) is 8.05. The fraction of sp³-hybridized carbons (Fsp3) is 0.611. The molecule has 0 aliphatic carbocycles. The first-order chi connectivity index (χ1) is 9.99. The number of rotatable bonds is 3. The molecule has 0 bridgehead atoms. The third-order valence-corrected chi connectivity index (χ3v) is 4.37. The summed E-state index contributed by atoms with van der Waals surface area (Å²) in [6.07, 6.45) is 4.70. The number of aryl methyl sites for hydroxylation is 2. The van der Waals surface area contributed by atoms with E-state index in [0.717, 1.165) is 42.5 Å². The molecule has 3 nitrogen and oxygen atoms in total. The number of likely N-dealkylation sites (tertiary alicyclic amines) is 1. The minimum absolute atomic E-state index is 0.128. The van der Waals surface area contributed by atoms with Crippen LogP contribution in [0.3, 0.4) is 0 Å². The fourth-order valence-electron chi connectivity index (χ4n) is 3.20. The molecule has 1 N–H and O–H groups in total. The van der Waals surface area contributed by atoms with Crippen LogP contribution in [0.15, 0.2) is 18.2 Å². The molecule has 1 amide bonds. The Kier molecular flexibility index (Phi) is 5.40. The molecule has 1 aliphatic rings. The molecular formula is C18H27NO2. The second-order valence-electron chi connectivity index (χ2n) is 6.40. The third kappa shape index (κ3) is 4.07. The summed E-state index contributed by atoms with van der Waals surface area (Å²) in [5.41, 5.74) is 2.96. The molecule has 1 fully saturated rings. The minimum Gasteiger partial charge on any atom is -0.393 e. The Morgan fingerprint density at radius 1 is 1.33 bits per heavy atom. The second-order valence-corrected chi connectivity index (χ2v) is 6.40. The lowest BCUT2D eigenvalue weighted by atomic mass is 10.0. The number of nitrogens with zero attached hydrogens (tertiary/aromatic N) is 1. The molecule has 1 aromatic rings. The standard InChI is InChI=1S/C18H27NO2/c1-13-8-9-14(2)17(11-13)18(21)19-10-6-4-5-7-16(19)12-15(3)20/h8-9,11,15-16,20H,4-7,10,12H2,1-3H3. The van der Waals surface area contributed by atoms with E-state index >= 15 is 0 Å². The van der Waals surface area contributed by atoms with E-state index in [2.05, 4.69) is 0 Å². The van der Waals surface area contributed by atoms with Crippen LogP contribution < -0.4 is 0 Å². The van der Waals surface area contributed by atoms with Crippen LogP contribution in [0.2, 0.25) is 0 Å². The van der Waals surface area contributed by atoms with Crippen LogP contribution in [0.4, 0.5) is 0 Å². The monoisotopic (exact) mass is 289 g/mol. The van der Waals surface area contributed by atoms with Gasteiger partial charge in [-0.15, -0.1) is 0 Å². The molecule has 1 aliphatic heterocycles. The molecule has 1 heterocycles. The number of hydrogen-bond acceptors (Lipinski definition) is 2. The maximum absolute atomic E-state index is 13.0. The van der Waals surface area contributed by atoms with E-state index in [-0.39, 0.29) is 18.1 Å². The largest absolute Gasteiger partial charge is 0.393 e. The van der Waals surface area contributed by atoms with Gasteiger partial charge in [0.15, 0.2) is 0 Å². The third-order valence-electron chi connectivity index (χ3n) is 4.37. The average Bonchev–Trinajstić information content (AvgIpc) is 2.65. The average molecular weight is 289 g/mol. The Hall–Kier alpha value is -1.35. The van der Waals surface area contributed by atoms with E-state index in [1.807, 2.05) is 43.9 Å². The van der Waals surface area contributed by atoms with E-state index < -0.39 is 0 Å². The van der Waals surface area contributed by atoms with Crippen molar-refractivity contribution in [3.8, 4) is 0 Å². The van der Waals surface area contributed by atoms with Crippen molar-refractivity contribution in [3.63, 3.8) is 0 Å². The van der Waals surface area contributed by atoms with E-state index in [4.69, 9.17) is 0 Å². The van der Waals surface area contributed by atoms with E-state index in [9.17, 15) is 9.90 Å².